The van der Waals surface area contributed by atoms with Crippen molar-refractivity contribution in [3.63, 3.8) is 0 Å². The van der Waals surface area contributed by atoms with E-state index >= 15 is 0 Å². The predicted octanol–water partition coefficient (Wildman–Crippen LogP) is 2.83. The van der Waals surface area contributed by atoms with Crippen LogP contribution in [-0.4, -0.2) is 39.9 Å². The van der Waals surface area contributed by atoms with Crippen LogP contribution in [0.25, 0.3) is 10.9 Å². The molecule has 0 unspecified atom stereocenters. The summed E-state index contributed by atoms with van der Waals surface area (Å²) in [6, 6.07) is 17.6. The molecule has 2 heterocycles. The van der Waals surface area contributed by atoms with Crippen LogP contribution in [-0.2, 0) is 20.9 Å². The minimum Gasteiger partial charge on any atom is -0.338 e. The molecule has 1 fully saturated rings. The Morgan fingerprint density at radius 1 is 1.09 bits per heavy atom. The van der Waals surface area contributed by atoms with E-state index in [9.17, 15) is 14.4 Å². The number of hydrogen-bond donors (Lipinski definition) is 2. The van der Waals surface area contributed by atoms with Crippen LogP contribution in [0.2, 0.25) is 0 Å². The van der Waals surface area contributed by atoms with E-state index in [1.54, 1.807) is 11.1 Å². The van der Waals surface area contributed by atoms with E-state index in [4.69, 9.17) is 0 Å². The maximum absolute atomic E-state index is 12.5. The van der Waals surface area contributed by atoms with Gasteiger partial charge in [0.25, 0.3) is 0 Å². The van der Waals surface area contributed by atoms with Crippen molar-refractivity contribution in [1.29, 1.82) is 0 Å². The molecule has 1 saturated heterocycles. The molecule has 2 N–H and O–H groups in total. The van der Waals surface area contributed by atoms with E-state index in [0.29, 0.717) is 13.1 Å². The van der Waals surface area contributed by atoms with Gasteiger partial charge in [-0.25, -0.2) is 0 Å². The summed E-state index contributed by atoms with van der Waals surface area (Å²) in [5.74, 6) is -1.08. The van der Waals surface area contributed by atoms with Crippen LogP contribution in [0.4, 0.5) is 0 Å². The summed E-state index contributed by atoms with van der Waals surface area (Å²) in [6.45, 7) is 2.83. The molecular formula is C24H24N4O3S. The summed E-state index contributed by atoms with van der Waals surface area (Å²) in [5, 5.41) is 1.01. The first-order valence-corrected chi connectivity index (χ1v) is 11.4. The van der Waals surface area contributed by atoms with Gasteiger partial charge in [-0.05, 0) is 24.6 Å². The van der Waals surface area contributed by atoms with E-state index in [1.807, 2.05) is 61.5 Å². The zero-order valence-corrected chi connectivity index (χ0v) is 18.5. The summed E-state index contributed by atoms with van der Waals surface area (Å²) in [5.41, 5.74) is 7.94. The van der Waals surface area contributed by atoms with Crippen molar-refractivity contribution in [3.05, 3.63) is 71.9 Å². The van der Waals surface area contributed by atoms with E-state index in [2.05, 4.69) is 15.8 Å². The third kappa shape index (κ3) is 5.26. The molecule has 8 heteroatoms. The van der Waals surface area contributed by atoms with Gasteiger partial charge in [-0.3, -0.25) is 30.2 Å². The number of nitrogens with zero attached hydrogens (tertiary/aromatic N) is 2. The number of aromatic nitrogens is 1. The third-order valence-electron chi connectivity index (χ3n) is 5.36. The largest absolute Gasteiger partial charge is 0.338 e. The van der Waals surface area contributed by atoms with Gasteiger partial charge >= 0.3 is 0 Å². The van der Waals surface area contributed by atoms with Gasteiger partial charge < -0.3 is 4.90 Å². The number of carbonyl (C=O) groups is 3. The van der Waals surface area contributed by atoms with Crippen molar-refractivity contribution >= 4 is 40.4 Å². The van der Waals surface area contributed by atoms with Crippen LogP contribution >= 0.6 is 11.8 Å². The van der Waals surface area contributed by atoms with Gasteiger partial charge in [-0.2, -0.15) is 0 Å². The smallest absolute Gasteiger partial charge is 0.248 e. The number of aryl methyl sites for hydroxylation is 1. The fourth-order valence-electron chi connectivity index (χ4n) is 3.62. The molecule has 32 heavy (non-hydrogen) atoms. The number of benzene rings is 2. The summed E-state index contributed by atoms with van der Waals surface area (Å²) in [4.78, 5) is 44.0. The van der Waals surface area contributed by atoms with Crippen LogP contribution in [0.1, 0.15) is 17.5 Å². The van der Waals surface area contributed by atoms with Gasteiger partial charge in [0.2, 0.25) is 17.7 Å². The van der Waals surface area contributed by atoms with E-state index < -0.39 is 5.92 Å². The van der Waals surface area contributed by atoms with Gasteiger partial charge in [-0.1, -0.05) is 48.0 Å². The predicted molar refractivity (Wildman–Crippen MR) is 123 cm³/mol. The first-order valence-electron chi connectivity index (χ1n) is 10.4. The average molecular weight is 449 g/mol. The van der Waals surface area contributed by atoms with Gasteiger partial charge in [0.15, 0.2) is 0 Å². The lowest BCUT2D eigenvalue weighted by Crippen LogP contribution is -2.45. The van der Waals surface area contributed by atoms with E-state index in [-0.39, 0.29) is 29.9 Å². The van der Waals surface area contributed by atoms with Crippen LogP contribution < -0.4 is 10.9 Å². The summed E-state index contributed by atoms with van der Waals surface area (Å²) >= 11 is 1.36. The molecule has 3 aromatic rings. The van der Waals surface area contributed by atoms with Crippen LogP contribution in [0, 0.1) is 12.8 Å². The number of fused-ring (bicyclic) bond motifs is 1. The molecule has 1 atom stereocenters. The summed E-state index contributed by atoms with van der Waals surface area (Å²) in [7, 11) is 0. The lowest BCUT2D eigenvalue weighted by molar-refractivity contribution is -0.130. The topological polar surface area (TPSA) is 91.4 Å². The minimum atomic E-state index is -0.483. The lowest BCUT2D eigenvalue weighted by atomic mass is 10.1. The number of thioether (sulfide) groups is 1. The molecule has 7 nitrogen and oxygen atoms in total. The molecule has 0 spiro atoms. The highest BCUT2D eigenvalue weighted by molar-refractivity contribution is 8.00. The highest BCUT2D eigenvalue weighted by atomic mass is 32.2. The number of amides is 3. The molecule has 0 radical (unpaired) electrons. The Balaban J connectivity index is 1.25. The van der Waals surface area contributed by atoms with Crippen molar-refractivity contribution in [2.45, 2.75) is 24.8 Å². The fourth-order valence-corrected chi connectivity index (χ4v) is 4.46. The Kier molecular flexibility index (Phi) is 6.70. The SMILES string of the molecule is Cc1ccc(CN2C[C@H](C(=O)NNC(=O)CSc3cccc4cccnc34)CC2=O)cc1. The quantitative estimate of drug-likeness (QED) is 0.447. The second-order valence-electron chi connectivity index (χ2n) is 7.82. The average Bonchev–Trinajstić information content (AvgIpc) is 3.17. The van der Waals surface area contributed by atoms with Crippen LogP contribution in [0.3, 0.4) is 0 Å². The second-order valence-corrected chi connectivity index (χ2v) is 8.84. The monoisotopic (exact) mass is 448 g/mol. The zero-order chi connectivity index (χ0) is 22.5. The molecule has 1 aromatic heterocycles. The number of carbonyl (C=O) groups excluding carboxylic acids is 3. The number of para-hydroxylation sites is 1. The second kappa shape index (κ2) is 9.82. The summed E-state index contributed by atoms with van der Waals surface area (Å²) < 4.78 is 0. The van der Waals surface area contributed by atoms with Gasteiger partial charge in [0, 0.05) is 36.0 Å². The number of nitrogens with one attached hydrogen (secondary N) is 2. The molecule has 1 aliphatic heterocycles. The van der Waals surface area contributed by atoms with E-state index in [1.165, 1.54) is 11.8 Å². The summed E-state index contributed by atoms with van der Waals surface area (Å²) in [6.07, 6.45) is 1.86. The molecule has 3 amide bonds. The normalized spacial score (nSPS) is 15.7. The molecule has 0 bridgehead atoms. The van der Waals surface area contributed by atoms with Crippen LogP contribution in [0.15, 0.2) is 65.7 Å². The zero-order valence-electron chi connectivity index (χ0n) is 17.7. The van der Waals surface area contributed by atoms with Crippen molar-refractivity contribution < 1.29 is 14.4 Å². The molecular weight excluding hydrogens is 424 g/mol. The number of likely N-dealkylation sites (tertiary alicyclic amines) is 1. The van der Waals surface area contributed by atoms with Gasteiger partial charge in [0.1, 0.15) is 0 Å². The van der Waals surface area contributed by atoms with Crippen molar-refractivity contribution in [1.82, 2.24) is 20.7 Å². The molecule has 0 saturated carbocycles. The standard InChI is InChI=1S/C24H24N4O3S/c1-16-7-9-17(10-8-16)13-28-14-19(12-22(28)30)24(31)27-26-21(29)15-32-20-6-2-4-18-5-3-11-25-23(18)20/h2-11,19H,12-15H2,1H3,(H,26,29)(H,27,31)/t19-/m1/s1. The number of pyridine rings is 1. The Morgan fingerprint density at radius 3 is 2.69 bits per heavy atom. The maximum Gasteiger partial charge on any atom is 0.248 e. The van der Waals surface area contributed by atoms with Crippen molar-refractivity contribution in [2.75, 3.05) is 12.3 Å². The van der Waals surface area contributed by atoms with Gasteiger partial charge in [-0.15, -0.1) is 11.8 Å². The van der Waals surface area contributed by atoms with E-state index in [0.717, 1.165) is 26.9 Å². The number of hydrogen-bond acceptors (Lipinski definition) is 5. The first-order chi connectivity index (χ1) is 15.5. The Morgan fingerprint density at radius 2 is 1.88 bits per heavy atom. The molecule has 1 aliphatic rings. The Labute approximate surface area is 190 Å². The number of rotatable bonds is 6. The first kappa shape index (κ1) is 21.8. The Bertz CT molecular complexity index is 1140. The lowest BCUT2D eigenvalue weighted by Gasteiger charge is -2.17. The van der Waals surface area contributed by atoms with Crippen molar-refractivity contribution in [2.24, 2.45) is 5.92 Å². The van der Waals surface area contributed by atoms with Crippen molar-refractivity contribution in [3.8, 4) is 0 Å². The minimum absolute atomic E-state index is 0.0592. The van der Waals surface area contributed by atoms with Gasteiger partial charge in [0.05, 0.1) is 17.2 Å². The molecule has 0 aliphatic carbocycles. The third-order valence-corrected chi connectivity index (χ3v) is 6.41. The Hall–Kier alpha value is -3.39. The molecule has 164 valence electrons. The molecule has 2 aromatic carbocycles. The number of hydrazine groups is 1. The highest BCUT2D eigenvalue weighted by Gasteiger charge is 2.34. The maximum atomic E-state index is 12.5. The molecule has 4 rings (SSSR count). The van der Waals surface area contributed by atoms with Crippen LogP contribution in [0.5, 0.6) is 0 Å². The fraction of sp³-hybridized carbons (Fsp3) is 0.250. The highest BCUT2D eigenvalue weighted by Crippen LogP contribution is 2.26.